The van der Waals surface area contributed by atoms with Crippen LogP contribution in [0.3, 0.4) is 0 Å². The Kier molecular flexibility index (Phi) is 6.15. The number of carbonyl (C=O) groups is 1. The van der Waals surface area contributed by atoms with Crippen molar-refractivity contribution < 1.29 is 14.3 Å². The Morgan fingerprint density at radius 3 is 2.48 bits per heavy atom. The number of anilines is 1. The number of halogens is 1. The minimum atomic E-state index is -0.138. The molecule has 0 saturated heterocycles. The highest BCUT2D eigenvalue weighted by Crippen LogP contribution is 2.35. The van der Waals surface area contributed by atoms with Gasteiger partial charge in [0.1, 0.15) is 0 Å². The Hall–Kier alpha value is -2.35. The molecule has 5 nitrogen and oxygen atoms in total. The molecule has 2 aromatic carbocycles. The van der Waals surface area contributed by atoms with Crippen molar-refractivity contribution in [2.45, 2.75) is 20.8 Å². The van der Waals surface area contributed by atoms with Gasteiger partial charge in [0.15, 0.2) is 11.5 Å². The van der Waals surface area contributed by atoms with Crippen LogP contribution in [0.25, 0.3) is 6.08 Å². The largest absolute Gasteiger partial charge is 0.490 e. The van der Waals surface area contributed by atoms with Crippen LogP contribution in [-0.4, -0.2) is 24.8 Å². The van der Waals surface area contributed by atoms with Gasteiger partial charge in [0.25, 0.3) is 5.91 Å². The van der Waals surface area contributed by atoms with Crippen LogP contribution < -0.4 is 14.5 Å². The molecule has 0 radical (unpaired) electrons. The summed E-state index contributed by atoms with van der Waals surface area (Å²) in [6.07, 6.45) is 1.85. The van der Waals surface area contributed by atoms with E-state index in [1.807, 2.05) is 69.3 Å². The Balaban J connectivity index is 1.97. The highest BCUT2D eigenvalue weighted by atomic mass is 127. The summed E-state index contributed by atoms with van der Waals surface area (Å²) in [6, 6.07) is 13.3. The third-order valence-electron chi connectivity index (χ3n) is 3.99. The standard InChI is InChI=1S/C21H21IN2O3/c1-4-26-19-13-15(12-18(22)20(19)27-5-2)11-17-14(3)23-24(21(17)25)16-9-7-6-8-10-16/h6-13H,4-5H2,1-3H3/b17-11-. The second-order valence-electron chi connectivity index (χ2n) is 5.89. The molecule has 27 heavy (non-hydrogen) atoms. The van der Waals surface area contributed by atoms with E-state index in [1.54, 1.807) is 0 Å². The number of rotatable bonds is 6. The quantitative estimate of drug-likeness (QED) is 0.441. The van der Waals surface area contributed by atoms with Gasteiger partial charge >= 0.3 is 0 Å². The lowest BCUT2D eigenvalue weighted by Gasteiger charge is -2.14. The molecule has 1 aliphatic rings. The zero-order chi connectivity index (χ0) is 19.4. The van der Waals surface area contributed by atoms with E-state index >= 15 is 0 Å². The molecule has 1 aliphatic heterocycles. The van der Waals surface area contributed by atoms with Gasteiger partial charge in [-0.3, -0.25) is 4.79 Å². The summed E-state index contributed by atoms with van der Waals surface area (Å²) >= 11 is 2.23. The number of hydrazone groups is 1. The fraction of sp³-hybridized carbons (Fsp3) is 0.238. The number of carbonyl (C=O) groups excluding carboxylic acids is 1. The van der Waals surface area contributed by atoms with Gasteiger partial charge in [0.2, 0.25) is 0 Å². The van der Waals surface area contributed by atoms with Crippen molar-refractivity contribution in [1.29, 1.82) is 0 Å². The molecule has 6 heteroatoms. The van der Waals surface area contributed by atoms with Crippen molar-refractivity contribution in [2.75, 3.05) is 18.2 Å². The van der Waals surface area contributed by atoms with Crippen LogP contribution in [0.1, 0.15) is 26.3 Å². The molecule has 3 rings (SSSR count). The maximum absolute atomic E-state index is 12.9. The molecule has 1 heterocycles. The average molecular weight is 476 g/mol. The van der Waals surface area contributed by atoms with Crippen LogP contribution in [0.5, 0.6) is 11.5 Å². The molecular formula is C21H21IN2O3. The van der Waals surface area contributed by atoms with E-state index in [9.17, 15) is 4.79 Å². The lowest BCUT2D eigenvalue weighted by atomic mass is 10.1. The van der Waals surface area contributed by atoms with Crippen LogP contribution in [0.15, 0.2) is 53.1 Å². The fourth-order valence-corrected chi connectivity index (χ4v) is 3.59. The lowest BCUT2D eigenvalue weighted by molar-refractivity contribution is -0.114. The molecule has 0 fully saturated rings. The first-order valence-electron chi connectivity index (χ1n) is 8.81. The number of amides is 1. The summed E-state index contributed by atoms with van der Waals surface area (Å²) in [5, 5.41) is 5.85. The summed E-state index contributed by atoms with van der Waals surface area (Å²) in [5.74, 6) is 1.27. The molecule has 0 saturated carbocycles. The molecule has 0 bridgehead atoms. The minimum Gasteiger partial charge on any atom is -0.490 e. The van der Waals surface area contributed by atoms with Crippen molar-refractivity contribution in [3.63, 3.8) is 0 Å². The van der Waals surface area contributed by atoms with E-state index < -0.39 is 0 Å². The number of para-hydroxylation sites is 1. The van der Waals surface area contributed by atoms with Gasteiger partial charge in [-0.15, -0.1) is 0 Å². The third-order valence-corrected chi connectivity index (χ3v) is 4.80. The van der Waals surface area contributed by atoms with E-state index in [0.717, 1.165) is 20.6 Å². The maximum atomic E-state index is 12.9. The summed E-state index contributed by atoms with van der Waals surface area (Å²) in [7, 11) is 0. The molecule has 0 atom stereocenters. The van der Waals surface area contributed by atoms with Crippen molar-refractivity contribution in [3.05, 3.63) is 57.2 Å². The highest BCUT2D eigenvalue weighted by molar-refractivity contribution is 14.1. The molecule has 0 aliphatic carbocycles. The lowest BCUT2D eigenvalue weighted by Crippen LogP contribution is -2.21. The van der Waals surface area contributed by atoms with Crippen molar-refractivity contribution in [1.82, 2.24) is 0 Å². The number of hydrogen-bond acceptors (Lipinski definition) is 4. The number of ether oxygens (including phenoxy) is 2. The van der Waals surface area contributed by atoms with E-state index in [4.69, 9.17) is 9.47 Å². The zero-order valence-corrected chi connectivity index (χ0v) is 17.7. The normalized spacial score (nSPS) is 15.3. The van der Waals surface area contributed by atoms with Gasteiger partial charge in [-0.25, -0.2) is 0 Å². The summed E-state index contributed by atoms with van der Waals surface area (Å²) in [6.45, 7) is 6.82. The maximum Gasteiger partial charge on any atom is 0.280 e. The van der Waals surface area contributed by atoms with Gasteiger partial charge in [-0.1, -0.05) is 18.2 Å². The van der Waals surface area contributed by atoms with E-state index in [0.29, 0.717) is 30.2 Å². The molecule has 0 unspecified atom stereocenters. The monoisotopic (exact) mass is 476 g/mol. The van der Waals surface area contributed by atoms with E-state index in [-0.39, 0.29) is 5.91 Å². The second-order valence-corrected chi connectivity index (χ2v) is 7.05. The smallest absolute Gasteiger partial charge is 0.280 e. The highest BCUT2D eigenvalue weighted by Gasteiger charge is 2.28. The Morgan fingerprint density at radius 2 is 1.81 bits per heavy atom. The number of benzene rings is 2. The van der Waals surface area contributed by atoms with Crippen LogP contribution in [0.4, 0.5) is 5.69 Å². The zero-order valence-electron chi connectivity index (χ0n) is 15.5. The van der Waals surface area contributed by atoms with Gasteiger partial charge in [0.05, 0.1) is 33.8 Å². The molecule has 1 amide bonds. The van der Waals surface area contributed by atoms with Crippen molar-refractivity contribution in [3.8, 4) is 11.5 Å². The molecule has 0 aromatic heterocycles. The van der Waals surface area contributed by atoms with Crippen molar-refractivity contribution >= 4 is 46.0 Å². The molecule has 2 aromatic rings. The first-order valence-corrected chi connectivity index (χ1v) is 9.89. The summed E-state index contributed by atoms with van der Waals surface area (Å²) in [5.41, 5.74) is 2.88. The molecule has 140 valence electrons. The van der Waals surface area contributed by atoms with Gasteiger partial charge in [0, 0.05) is 0 Å². The van der Waals surface area contributed by atoms with Crippen LogP contribution >= 0.6 is 22.6 Å². The first kappa shape index (κ1) is 19.4. The van der Waals surface area contributed by atoms with Crippen LogP contribution in [0, 0.1) is 3.57 Å². The van der Waals surface area contributed by atoms with Crippen LogP contribution in [0.2, 0.25) is 0 Å². The Bertz CT molecular complexity index is 907. The van der Waals surface area contributed by atoms with Gasteiger partial charge in [-0.05, 0) is 79.3 Å². The van der Waals surface area contributed by atoms with Crippen molar-refractivity contribution in [2.24, 2.45) is 5.10 Å². The van der Waals surface area contributed by atoms with Crippen LogP contribution in [-0.2, 0) is 4.79 Å². The minimum absolute atomic E-state index is 0.138. The molecule has 0 spiro atoms. The van der Waals surface area contributed by atoms with Gasteiger partial charge < -0.3 is 9.47 Å². The average Bonchev–Trinajstić information content (AvgIpc) is 2.94. The molecule has 0 N–H and O–H groups in total. The second kappa shape index (κ2) is 8.56. The first-order chi connectivity index (χ1) is 13.0. The molecular weight excluding hydrogens is 455 g/mol. The predicted octanol–water partition coefficient (Wildman–Crippen LogP) is 4.89. The topological polar surface area (TPSA) is 51.1 Å². The Labute approximate surface area is 172 Å². The SMILES string of the molecule is CCOc1cc(/C=C2\C(=O)N(c3ccccc3)N=C2C)cc(I)c1OCC. The summed E-state index contributed by atoms with van der Waals surface area (Å²) in [4.78, 5) is 12.9. The third kappa shape index (κ3) is 4.16. The Morgan fingerprint density at radius 1 is 1.11 bits per heavy atom. The van der Waals surface area contributed by atoms with Gasteiger partial charge in [-0.2, -0.15) is 10.1 Å². The number of hydrogen-bond donors (Lipinski definition) is 0. The van der Waals surface area contributed by atoms with E-state index in [2.05, 4.69) is 27.7 Å². The fourth-order valence-electron chi connectivity index (χ4n) is 2.81. The predicted molar refractivity (Wildman–Crippen MR) is 117 cm³/mol. The van der Waals surface area contributed by atoms with E-state index in [1.165, 1.54) is 5.01 Å². The number of nitrogens with zero attached hydrogens (tertiary/aromatic N) is 2. The summed E-state index contributed by atoms with van der Waals surface area (Å²) < 4.78 is 12.4.